The zero-order valence-electron chi connectivity index (χ0n) is 13.7. The second kappa shape index (κ2) is 6.64. The number of anilines is 2. The first-order valence-corrected chi connectivity index (χ1v) is 8.15. The number of rotatable bonds is 3. The van der Waals surface area contributed by atoms with Gasteiger partial charge in [-0.3, -0.25) is 0 Å². The van der Waals surface area contributed by atoms with E-state index in [4.69, 9.17) is 16.1 Å². The van der Waals surface area contributed by atoms with Crippen LogP contribution in [0.4, 0.5) is 24.7 Å². The largest absolute Gasteiger partial charge is 0.433 e. The molecule has 4 rings (SSSR count). The average molecular weight is 408 g/mol. The van der Waals surface area contributed by atoms with Gasteiger partial charge in [0.25, 0.3) is 0 Å². The van der Waals surface area contributed by atoms with Crippen LogP contribution in [0.25, 0.3) is 16.7 Å². The highest BCUT2D eigenvalue weighted by atomic mass is 35.5. The molecule has 0 spiro atoms. The third-order valence-corrected chi connectivity index (χ3v) is 4.14. The average Bonchev–Trinajstić information content (AvgIpc) is 3.15. The summed E-state index contributed by atoms with van der Waals surface area (Å²) in [7, 11) is 0. The molecule has 0 amide bonds. The van der Waals surface area contributed by atoms with Crippen LogP contribution < -0.4 is 11.0 Å². The van der Waals surface area contributed by atoms with Crippen molar-refractivity contribution in [3.63, 3.8) is 0 Å². The summed E-state index contributed by atoms with van der Waals surface area (Å²) in [5.74, 6) is 0.00716. The van der Waals surface area contributed by atoms with Crippen LogP contribution in [-0.4, -0.2) is 19.7 Å². The number of aromatic nitrogens is 4. The van der Waals surface area contributed by atoms with E-state index in [1.165, 1.54) is 30.7 Å². The Labute approximate surface area is 159 Å². The van der Waals surface area contributed by atoms with Crippen molar-refractivity contribution < 1.29 is 17.7 Å². The highest BCUT2D eigenvalue weighted by Gasteiger charge is 2.33. The van der Waals surface area contributed by atoms with Crippen LogP contribution in [0, 0.1) is 0 Å². The van der Waals surface area contributed by atoms with Crippen molar-refractivity contribution in [2.24, 2.45) is 0 Å². The highest BCUT2D eigenvalue weighted by molar-refractivity contribution is 6.32. The van der Waals surface area contributed by atoms with Gasteiger partial charge < -0.3 is 9.84 Å². The van der Waals surface area contributed by atoms with Crippen molar-refractivity contribution in [3.05, 3.63) is 70.1 Å². The lowest BCUT2D eigenvalue weighted by molar-refractivity contribution is -0.141. The van der Waals surface area contributed by atoms with E-state index >= 15 is 0 Å². The smallest absolute Gasteiger partial charge is 0.363 e. The minimum absolute atomic E-state index is 0.00716. The van der Waals surface area contributed by atoms with Crippen LogP contribution in [0.1, 0.15) is 5.69 Å². The Kier molecular flexibility index (Phi) is 4.27. The molecule has 11 heteroatoms. The third-order valence-electron chi connectivity index (χ3n) is 3.82. The molecule has 7 nitrogen and oxygen atoms in total. The Balaban J connectivity index is 2.04. The Morgan fingerprint density at radius 2 is 1.89 bits per heavy atom. The first-order chi connectivity index (χ1) is 13.3. The Morgan fingerprint density at radius 1 is 1.11 bits per heavy atom. The minimum Gasteiger partial charge on any atom is -0.363 e. The van der Waals surface area contributed by atoms with Crippen molar-refractivity contribution in [3.8, 4) is 5.69 Å². The molecule has 0 saturated carbocycles. The summed E-state index contributed by atoms with van der Waals surface area (Å²) < 4.78 is 45.3. The van der Waals surface area contributed by atoms with Crippen LogP contribution in [0.15, 0.2) is 58.2 Å². The quantitative estimate of drug-likeness (QED) is 0.548. The molecule has 0 fully saturated rings. The van der Waals surface area contributed by atoms with Crippen LogP contribution in [0.2, 0.25) is 5.02 Å². The highest BCUT2D eigenvalue weighted by Crippen LogP contribution is 2.32. The molecule has 0 atom stereocenters. The van der Waals surface area contributed by atoms with Gasteiger partial charge in [-0.05, 0) is 24.3 Å². The fourth-order valence-corrected chi connectivity index (χ4v) is 2.83. The maximum Gasteiger partial charge on any atom is 0.433 e. The molecule has 1 aromatic carbocycles. The first kappa shape index (κ1) is 18.0. The molecule has 0 radical (unpaired) electrons. The van der Waals surface area contributed by atoms with Crippen molar-refractivity contribution in [1.29, 1.82) is 0 Å². The zero-order valence-corrected chi connectivity index (χ0v) is 14.5. The molecule has 3 heterocycles. The predicted octanol–water partition coefficient (Wildman–Crippen LogP) is 4.18. The van der Waals surface area contributed by atoms with E-state index in [-0.39, 0.29) is 27.6 Å². The van der Waals surface area contributed by atoms with Crippen molar-refractivity contribution in [2.75, 3.05) is 5.32 Å². The van der Waals surface area contributed by atoms with Gasteiger partial charge in [0.1, 0.15) is 23.5 Å². The number of hydrogen-bond acceptors (Lipinski definition) is 6. The molecule has 4 aromatic rings. The number of pyridine rings is 1. The van der Waals surface area contributed by atoms with E-state index in [9.17, 15) is 18.0 Å². The zero-order chi connectivity index (χ0) is 19.9. The second-order valence-corrected chi connectivity index (χ2v) is 6.04. The van der Waals surface area contributed by atoms with Crippen LogP contribution in [-0.2, 0) is 6.18 Å². The first-order valence-electron chi connectivity index (χ1n) is 7.77. The number of alkyl halides is 3. The molecule has 0 aliphatic rings. The van der Waals surface area contributed by atoms with Gasteiger partial charge in [-0.15, -0.1) is 0 Å². The minimum atomic E-state index is -4.69. The van der Waals surface area contributed by atoms with E-state index in [1.807, 2.05) is 0 Å². The lowest BCUT2D eigenvalue weighted by Gasteiger charge is -2.15. The van der Waals surface area contributed by atoms with Gasteiger partial charge in [-0.1, -0.05) is 28.9 Å². The maximum atomic E-state index is 13.2. The monoisotopic (exact) mass is 407 g/mol. The van der Waals surface area contributed by atoms with Crippen LogP contribution >= 0.6 is 11.6 Å². The molecule has 0 bridgehead atoms. The SMILES string of the molecule is O=c1nc(Nc2cnoc2)c2ccc(C(F)(F)F)nc2n1-c1ccccc1Cl. The fraction of sp³-hybridized carbons (Fsp3) is 0.0588. The number of benzene rings is 1. The molecule has 1 N–H and O–H groups in total. The standard InChI is InChI=1S/C17H9ClF3N5O2/c18-11-3-1-2-4-12(11)26-15-10(5-6-13(24-15)17(19,20)21)14(25-16(26)27)23-9-7-22-28-8-9/h1-8H,(H,23,25,27). The Morgan fingerprint density at radius 3 is 2.57 bits per heavy atom. The molecule has 0 unspecified atom stereocenters. The predicted molar refractivity (Wildman–Crippen MR) is 94.9 cm³/mol. The topological polar surface area (TPSA) is 85.8 Å². The molecule has 28 heavy (non-hydrogen) atoms. The summed E-state index contributed by atoms with van der Waals surface area (Å²) in [4.78, 5) is 20.3. The lowest BCUT2D eigenvalue weighted by atomic mass is 10.2. The van der Waals surface area contributed by atoms with Gasteiger partial charge in [-0.2, -0.15) is 18.2 Å². The summed E-state index contributed by atoms with van der Waals surface area (Å²) in [6, 6.07) is 8.20. The number of halogens is 4. The summed E-state index contributed by atoms with van der Waals surface area (Å²) in [6.07, 6.45) is -2.11. The van der Waals surface area contributed by atoms with Crippen molar-refractivity contribution in [2.45, 2.75) is 6.18 Å². The van der Waals surface area contributed by atoms with E-state index in [0.717, 1.165) is 10.6 Å². The lowest BCUT2D eigenvalue weighted by Crippen LogP contribution is -2.24. The molecule has 0 aliphatic heterocycles. The molecule has 142 valence electrons. The van der Waals surface area contributed by atoms with Crippen molar-refractivity contribution >= 4 is 34.1 Å². The van der Waals surface area contributed by atoms with E-state index in [0.29, 0.717) is 5.69 Å². The maximum absolute atomic E-state index is 13.2. The van der Waals surface area contributed by atoms with E-state index < -0.39 is 17.6 Å². The van der Waals surface area contributed by atoms with Crippen molar-refractivity contribution in [1.82, 2.24) is 19.7 Å². The summed E-state index contributed by atoms with van der Waals surface area (Å²) in [5, 5.41) is 6.63. The molecule has 0 saturated heterocycles. The fourth-order valence-electron chi connectivity index (χ4n) is 2.61. The van der Waals surface area contributed by atoms with Gasteiger partial charge in [0.05, 0.1) is 22.3 Å². The second-order valence-electron chi connectivity index (χ2n) is 5.63. The Bertz CT molecular complexity index is 1220. The third kappa shape index (κ3) is 3.18. The molecular weight excluding hydrogens is 399 g/mol. The van der Waals surface area contributed by atoms with Gasteiger partial charge in [0.2, 0.25) is 0 Å². The Hall–Kier alpha value is -3.40. The molecule has 3 aromatic heterocycles. The van der Waals surface area contributed by atoms with Crippen LogP contribution in [0.5, 0.6) is 0 Å². The number of nitrogens with zero attached hydrogens (tertiary/aromatic N) is 4. The summed E-state index contributed by atoms with van der Waals surface area (Å²) in [5.41, 5.74) is -1.73. The van der Waals surface area contributed by atoms with Gasteiger partial charge in [-0.25, -0.2) is 14.3 Å². The van der Waals surface area contributed by atoms with E-state index in [2.05, 4.69) is 20.4 Å². The van der Waals surface area contributed by atoms with Crippen LogP contribution in [0.3, 0.4) is 0 Å². The molecule has 0 aliphatic carbocycles. The van der Waals surface area contributed by atoms with Gasteiger partial charge >= 0.3 is 11.9 Å². The van der Waals surface area contributed by atoms with Gasteiger partial charge in [0.15, 0.2) is 5.65 Å². The number of fused-ring (bicyclic) bond motifs is 1. The van der Waals surface area contributed by atoms with E-state index in [1.54, 1.807) is 12.1 Å². The number of hydrogen-bond donors (Lipinski definition) is 1. The summed E-state index contributed by atoms with van der Waals surface area (Å²) >= 11 is 6.14. The number of para-hydroxylation sites is 1. The summed E-state index contributed by atoms with van der Waals surface area (Å²) in [6.45, 7) is 0. The van der Waals surface area contributed by atoms with Gasteiger partial charge in [0, 0.05) is 0 Å². The normalized spacial score (nSPS) is 11.7. The number of nitrogens with one attached hydrogen (secondary N) is 1. The molecular formula is C17H9ClF3N5O2.